The number of likely N-dealkylation sites (tertiary alicyclic amines) is 1. The lowest BCUT2D eigenvalue weighted by molar-refractivity contribution is -0.139. The summed E-state index contributed by atoms with van der Waals surface area (Å²) in [6.45, 7) is 3.52. The van der Waals surface area contributed by atoms with Crippen LogP contribution in [0.1, 0.15) is 39.0 Å². The first-order chi connectivity index (χ1) is 7.70. The van der Waals surface area contributed by atoms with Gasteiger partial charge in [0.25, 0.3) is 0 Å². The van der Waals surface area contributed by atoms with Crippen molar-refractivity contribution in [3.63, 3.8) is 0 Å². The van der Waals surface area contributed by atoms with Crippen molar-refractivity contribution >= 4 is 5.91 Å². The normalized spacial score (nSPS) is 23.2. The largest absolute Gasteiger partial charge is 0.396 e. The van der Waals surface area contributed by atoms with Gasteiger partial charge in [-0.05, 0) is 38.6 Å². The van der Waals surface area contributed by atoms with Crippen LogP contribution in [0.3, 0.4) is 0 Å². The quantitative estimate of drug-likeness (QED) is 0.729. The van der Waals surface area contributed by atoms with E-state index in [1.165, 1.54) is 6.42 Å². The molecule has 1 rings (SSSR count). The van der Waals surface area contributed by atoms with Gasteiger partial charge in [0.05, 0.1) is 0 Å². The molecule has 3 N–H and O–H groups in total. The Bertz CT molecular complexity index is 219. The molecule has 1 amide bonds. The highest BCUT2D eigenvalue weighted by molar-refractivity contribution is 5.78. The highest BCUT2D eigenvalue weighted by Gasteiger charge is 2.28. The van der Waals surface area contributed by atoms with Gasteiger partial charge in [0.2, 0.25) is 5.91 Å². The van der Waals surface area contributed by atoms with Crippen molar-refractivity contribution in [1.82, 2.24) is 4.90 Å². The molecule has 2 atom stereocenters. The number of aliphatic hydroxyl groups is 1. The van der Waals surface area contributed by atoms with Crippen LogP contribution < -0.4 is 5.73 Å². The van der Waals surface area contributed by atoms with E-state index in [9.17, 15) is 4.79 Å². The Morgan fingerprint density at radius 2 is 2.31 bits per heavy atom. The summed E-state index contributed by atoms with van der Waals surface area (Å²) in [5.74, 6) is 0.230. The van der Waals surface area contributed by atoms with Crippen molar-refractivity contribution in [3.05, 3.63) is 0 Å². The van der Waals surface area contributed by atoms with E-state index in [0.717, 1.165) is 25.8 Å². The topological polar surface area (TPSA) is 66.6 Å². The van der Waals surface area contributed by atoms with E-state index in [1.54, 1.807) is 0 Å². The fraction of sp³-hybridized carbons (Fsp3) is 0.917. The molecular weight excluding hydrogens is 204 g/mol. The summed E-state index contributed by atoms with van der Waals surface area (Å²) in [6.07, 6.45) is 4.74. The van der Waals surface area contributed by atoms with Crippen molar-refractivity contribution in [2.45, 2.75) is 45.1 Å². The molecule has 0 aromatic rings. The molecule has 4 heteroatoms. The second-order valence-corrected chi connectivity index (χ2v) is 4.67. The van der Waals surface area contributed by atoms with Crippen LogP contribution >= 0.6 is 0 Å². The second kappa shape index (κ2) is 6.86. The average molecular weight is 228 g/mol. The average Bonchev–Trinajstić information content (AvgIpc) is 2.29. The lowest BCUT2D eigenvalue weighted by Gasteiger charge is -2.37. The van der Waals surface area contributed by atoms with Crippen LogP contribution in [-0.2, 0) is 4.79 Å². The molecule has 4 nitrogen and oxygen atoms in total. The number of rotatable bonds is 5. The van der Waals surface area contributed by atoms with Crippen LogP contribution in [0.5, 0.6) is 0 Å². The third-order valence-electron chi connectivity index (χ3n) is 3.39. The number of carbonyl (C=O) groups excluding carboxylic acids is 1. The fourth-order valence-corrected chi connectivity index (χ4v) is 2.40. The minimum absolute atomic E-state index is 0.0179. The van der Waals surface area contributed by atoms with Crippen molar-refractivity contribution in [2.75, 3.05) is 19.7 Å². The third kappa shape index (κ3) is 3.46. The molecule has 0 saturated carbocycles. The van der Waals surface area contributed by atoms with Gasteiger partial charge in [-0.3, -0.25) is 4.79 Å². The Hall–Kier alpha value is -0.610. The zero-order valence-electron chi connectivity index (χ0n) is 10.2. The third-order valence-corrected chi connectivity index (χ3v) is 3.39. The molecule has 94 valence electrons. The van der Waals surface area contributed by atoms with E-state index in [1.807, 2.05) is 11.8 Å². The molecule has 2 unspecified atom stereocenters. The predicted octanol–water partition coefficient (Wildman–Crippen LogP) is 0.735. The van der Waals surface area contributed by atoms with E-state index >= 15 is 0 Å². The molecule has 0 radical (unpaired) electrons. The van der Waals surface area contributed by atoms with Gasteiger partial charge in [0.15, 0.2) is 0 Å². The first kappa shape index (κ1) is 13.5. The summed E-state index contributed by atoms with van der Waals surface area (Å²) < 4.78 is 0. The summed E-state index contributed by atoms with van der Waals surface area (Å²) in [5, 5.41) is 9.00. The number of nitrogens with zero attached hydrogens (tertiary/aromatic N) is 1. The van der Waals surface area contributed by atoms with E-state index in [4.69, 9.17) is 10.8 Å². The van der Waals surface area contributed by atoms with Gasteiger partial charge >= 0.3 is 0 Å². The van der Waals surface area contributed by atoms with Gasteiger partial charge in [-0.15, -0.1) is 0 Å². The molecule has 0 spiro atoms. The highest BCUT2D eigenvalue weighted by Crippen LogP contribution is 2.22. The van der Waals surface area contributed by atoms with Gasteiger partial charge in [0, 0.05) is 25.1 Å². The predicted molar refractivity (Wildman–Crippen MR) is 63.9 cm³/mol. The van der Waals surface area contributed by atoms with Crippen molar-refractivity contribution in [3.8, 4) is 0 Å². The molecule has 0 aromatic heterocycles. The highest BCUT2D eigenvalue weighted by atomic mass is 16.3. The molecule has 1 heterocycles. The second-order valence-electron chi connectivity index (χ2n) is 4.67. The summed E-state index contributed by atoms with van der Waals surface area (Å²) in [5.41, 5.74) is 5.48. The van der Waals surface area contributed by atoms with Crippen molar-refractivity contribution in [1.29, 1.82) is 0 Å². The minimum Gasteiger partial charge on any atom is -0.396 e. The van der Waals surface area contributed by atoms with E-state index in [-0.39, 0.29) is 24.5 Å². The van der Waals surface area contributed by atoms with Gasteiger partial charge in [-0.1, -0.05) is 6.92 Å². The molecule has 1 saturated heterocycles. The molecule has 1 aliphatic rings. The molecule has 16 heavy (non-hydrogen) atoms. The number of carbonyl (C=O) groups is 1. The SMILES string of the molecule is CC(CCN)C(=O)N1CCCCC1CCO. The maximum atomic E-state index is 12.2. The Morgan fingerprint density at radius 1 is 1.56 bits per heavy atom. The summed E-state index contributed by atoms with van der Waals surface area (Å²) in [7, 11) is 0. The maximum Gasteiger partial charge on any atom is 0.225 e. The van der Waals surface area contributed by atoms with E-state index < -0.39 is 0 Å². The van der Waals surface area contributed by atoms with E-state index in [2.05, 4.69) is 0 Å². The smallest absolute Gasteiger partial charge is 0.225 e. The lowest BCUT2D eigenvalue weighted by atomic mass is 9.96. The number of hydrogen-bond acceptors (Lipinski definition) is 3. The summed E-state index contributed by atoms with van der Waals surface area (Å²) >= 11 is 0. The Kier molecular flexibility index (Phi) is 5.77. The van der Waals surface area contributed by atoms with Crippen molar-refractivity contribution in [2.24, 2.45) is 11.7 Å². The number of nitrogens with two attached hydrogens (primary N) is 1. The van der Waals surface area contributed by atoms with Crippen LogP contribution in [0.4, 0.5) is 0 Å². The van der Waals surface area contributed by atoms with Crippen molar-refractivity contribution < 1.29 is 9.90 Å². The van der Waals surface area contributed by atoms with Crippen LogP contribution in [0.2, 0.25) is 0 Å². The number of amides is 1. The van der Waals surface area contributed by atoms with Gasteiger partial charge < -0.3 is 15.7 Å². The summed E-state index contributed by atoms with van der Waals surface area (Å²) in [4.78, 5) is 14.1. The Labute approximate surface area is 97.8 Å². The zero-order valence-corrected chi connectivity index (χ0v) is 10.2. The molecule has 1 fully saturated rings. The molecule has 0 aromatic carbocycles. The van der Waals surface area contributed by atoms with Crippen LogP contribution in [0.15, 0.2) is 0 Å². The first-order valence-electron chi connectivity index (χ1n) is 6.32. The molecular formula is C12H24N2O2. The van der Waals surface area contributed by atoms with Crippen LogP contribution in [-0.4, -0.2) is 41.7 Å². The number of hydrogen-bond donors (Lipinski definition) is 2. The zero-order chi connectivity index (χ0) is 12.0. The summed E-state index contributed by atoms with van der Waals surface area (Å²) in [6, 6.07) is 0.242. The van der Waals surface area contributed by atoms with Gasteiger partial charge in [-0.2, -0.15) is 0 Å². The maximum absolute atomic E-state index is 12.2. The number of piperidine rings is 1. The lowest BCUT2D eigenvalue weighted by Crippen LogP contribution is -2.46. The Balaban J connectivity index is 2.56. The molecule has 0 bridgehead atoms. The molecule has 1 aliphatic heterocycles. The van der Waals surface area contributed by atoms with Gasteiger partial charge in [0.1, 0.15) is 0 Å². The van der Waals surface area contributed by atoms with E-state index in [0.29, 0.717) is 13.0 Å². The van der Waals surface area contributed by atoms with Crippen LogP contribution in [0.25, 0.3) is 0 Å². The standard InChI is InChI=1S/C12H24N2O2/c1-10(5-7-13)12(16)14-8-3-2-4-11(14)6-9-15/h10-11,15H,2-9,13H2,1H3. The first-order valence-corrected chi connectivity index (χ1v) is 6.32. The minimum atomic E-state index is 0.0179. The van der Waals surface area contributed by atoms with Crippen LogP contribution in [0, 0.1) is 5.92 Å². The fourth-order valence-electron chi connectivity index (χ4n) is 2.40. The molecule has 0 aliphatic carbocycles. The Morgan fingerprint density at radius 3 is 2.94 bits per heavy atom. The van der Waals surface area contributed by atoms with Gasteiger partial charge in [-0.25, -0.2) is 0 Å². The monoisotopic (exact) mass is 228 g/mol. The number of aliphatic hydroxyl groups excluding tert-OH is 1.